The Morgan fingerprint density at radius 3 is 2.43 bits per heavy atom. The Morgan fingerprint density at radius 1 is 1.23 bits per heavy atom. The van der Waals surface area contributed by atoms with E-state index >= 15 is 0 Å². The molecule has 0 aliphatic carbocycles. The maximum atomic E-state index is 12.7. The van der Waals surface area contributed by atoms with E-state index < -0.39 is 34.8 Å². The summed E-state index contributed by atoms with van der Waals surface area (Å²) in [4.78, 5) is 31.4. The first-order chi connectivity index (χ1) is 13.9. The lowest BCUT2D eigenvalue weighted by atomic mass is 10.0. The van der Waals surface area contributed by atoms with Gasteiger partial charge in [0.25, 0.3) is 11.5 Å². The first kappa shape index (κ1) is 22.9. The van der Waals surface area contributed by atoms with Gasteiger partial charge in [-0.1, -0.05) is 12.1 Å². The van der Waals surface area contributed by atoms with Gasteiger partial charge in [-0.2, -0.15) is 13.2 Å². The standard InChI is InChI=1S/C20H22F3N5O2/c1-12(13-5-7-14(8-6-13)20(21,22)23)26-17(30)15-11-16(29)28-18(27-15)19(2,3)25-10-4-9-24/h4-12,24-25H,1-3H3,(H,26,30)(H,27,28,29)/b10-4-,24-9?/t12-/m1/s1. The third-order valence-electron chi connectivity index (χ3n) is 4.29. The van der Waals surface area contributed by atoms with Gasteiger partial charge in [0.2, 0.25) is 0 Å². The molecule has 0 fully saturated rings. The summed E-state index contributed by atoms with van der Waals surface area (Å²) in [5, 5.41) is 12.6. The van der Waals surface area contributed by atoms with Crippen molar-refractivity contribution in [3.05, 3.63) is 75.6 Å². The van der Waals surface area contributed by atoms with Gasteiger partial charge in [0.1, 0.15) is 11.5 Å². The molecule has 0 aliphatic rings. The summed E-state index contributed by atoms with van der Waals surface area (Å²) in [6, 6.07) is 4.89. The van der Waals surface area contributed by atoms with E-state index in [9.17, 15) is 22.8 Å². The van der Waals surface area contributed by atoms with E-state index in [1.165, 1.54) is 24.4 Å². The second-order valence-corrected chi connectivity index (χ2v) is 7.09. The Balaban J connectivity index is 2.20. The zero-order valence-electron chi connectivity index (χ0n) is 16.6. The van der Waals surface area contributed by atoms with Gasteiger partial charge in [-0.15, -0.1) is 0 Å². The minimum atomic E-state index is -4.44. The van der Waals surface area contributed by atoms with Crippen molar-refractivity contribution >= 4 is 12.1 Å². The van der Waals surface area contributed by atoms with Crippen molar-refractivity contribution in [2.75, 3.05) is 0 Å². The predicted octanol–water partition coefficient (Wildman–Crippen LogP) is 3.27. The number of amides is 1. The van der Waals surface area contributed by atoms with E-state index in [1.54, 1.807) is 20.8 Å². The average molecular weight is 421 g/mol. The molecule has 0 unspecified atom stereocenters. The molecule has 160 valence electrons. The van der Waals surface area contributed by atoms with Gasteiger partial charge in [0.05, 0.1) is 17.1 Å². The van der Waals surface area contributed by atoms with Crippen LogP contribution in [0.25, 0.3) is 0 Å². The highest BCUT2D eigenvalue weighted by Crippen LogP contribution is 2.29. The van der Waals surface area contributed by atoms with Gasteiger partial charge < -0.3 is 21.0 Å². The molecule has 2 aromatic rings. The normalized spacial score (nSPS) is 13.1. The second-order valence-electron chi connectivity index (χ2n) is 7.09. The van der Waals surface area contributed by atoms with Crippen LogP contribution in [0.5, 0.6) is 0 Å². The van der Waals surface area contributed by atoms with Gasteiger partial charge >= 0.3 is 6.18 Å². The van der Waals surface area contributed by atoms with Crippen LogP contribution >= 0.6 is 0 Å². The molecule has 1 aromatic carbocycles. The minimum Gasteiger partial charge on any atom is -0.379 e. The molecule has 0 saturated carbocycles. The number of hydrogen-bond donors (Lipinski definition) is 4. The lowest BCUT2D eigenvalue weighted by molar-refractivity contribution is -0.137. The van der Waals surface area contributed by atoms with Crippen molar-refractivity contribution in [2.24, 2.45) is 0 Å². The first-order valence-electron chi connectivity index (χ1n) is 8.97. The van der Waals surface area contributed by atoms with Crippen LogP contribution < -0.4 is 16.2 Å². The van der Waals surface area contributed by atoms with Gasteiger partial charge in [-0.3, -0.25) is 9.59 Å². The molecule has 0 radical (unpaired) electrons. The van der Waals surface area contributed by atoms with Crippen molar-refractivity contribution < 1.29 is 18.0 Å². The topological polar surface area (TPSA) is 111 Å². The zero-order valence-corrected chi connectivity index (χ0v) is 16.6. The number of nitrogens with one attached hydrogen (secondary N) is 4. The molecule has 10 heteroatoms. The number of carbonyl (C=O) groups is 1. The third kappa shape index (κ3) is 5.79. The minimum absolute atomic E-state index is 0.126. The Morgan fingerprint density at radius 2 is 1.87 bits per heavy atom. The molecule has 0 bridgehead atoms. The summed E-state index contributed by atoms with van der Waals surface area (Å²) >= 11 is 0. The number of aromatic amines is 1. The van der Waals surface area contributed by atoms with Crippen LogP contribution in [0.3, 0.4) is 0 Å². The second kappa shape index (κ2) is 8.93. The summed E-state index contributed by atoms with van der Waals surface area (Å²) in [7, 11) is 0. The Kier molecular flexibility index (Phi) is 6.81. The quantitative estimate of drug-likeness (QED) is 0.514. The third-order valence-corrected chi connectivity index (χ3v) is 4.29. The van der Waals surface area contributed by atoms with Gasteiger partial charge in [-0.25, -0.2) is 4.98 Å². The molecular formula is C20H22F3N5O2. The molecular weight excluding hydrogens is 399 g/mol. The molecule has 1 aromatic heterocycles. The summed E-state index contributed by atoms with van der Waals surface area (Å²) in [6.07, 6.45) is -0.411. The fraction of sp³-hybridized carbons (Fsp3) is 0.300. The Labute approximate surface area is 170 Å². The molecule has 1 atom stereocenters. The van der Waals surface area contributed by atoms with Crippen molar-refractivity contribution in [1.29, 1.82) is 5.41 Å². The SMILES string of the molecule is C[C@@H](NC(=O)c1cc(=O)[nH]c(C(C)(C)N/C=C\C=N)n1)c1ccc(C(F)(F)F)cc1. The maximum Gasteiger partial charge on any atom is 0.416 e. The van der Waals surface area contributed by atoms with E-state index in [0.717, 1.165) is 24.4 Å². The Hall–Kier alpha value is -3.43. The molecule has 7 nitrogen and oxygen atoms in total. The van der Waals surface area contributed by atoms with Crippen molar-refractivity contribution in [3.63, 3.8) is 0 Å². The smallest absolute Gasteiger partial charge is 0.379 e. The number of carbonyl (C=O) groups excluding carboxylic acids is 1. The number of allylic oxidation sites excluding steroid dienone is 1. The number of benzene rings is 1. The summed E-state index contributed by atoms with van der Waals surface area (Å²) in [5.41, 5.74) is -1.80. The average Bonchev–Trinajstić information content (AvgIpc) is 2.67. The fourth-order valence-corrected chi connectivity index (χ4v) is 2.56. The van der Waals surface area contributed by atoms with Crippen molar-refractivity contribution in [2.45, 2.75) is 38.5 Å². The van der Waals surface area contributed by atoms with Gasteiger partial charge in [-0.05, 0) is 50.7 Å². The number of nitrogens with zero attached hydrogens (tertiary/aromatic N) is 1. The first-order valence-corrected chi connectivity index (χ1v) is 8.97. The molecule has 0 saturated heterocycles. The monoisotopic (exact) mass is 421 g/mol. The van der Waals surface area contributed by atoms with E-state index in [4.69, 9.17) is 5.41 Å². The highest BCUT2D eigenvalue weighted by Gasteiger charge is 2.30. The lowest BCUT2D eigenvalue weighted by Crippen LogP contribution is -2.38. The molecule has 2 rings (SSSR count). The number of aromatic nitrogens is 2. The molecule has 0 aliphatic heterocycles. The van der Waals surface area contributed by atoms with E-state index in [0.29, 0.717) is 5.56 Å². The van der Waals surface area contributed by atoms with Gasteiger partial charge in [0, 0.05) is 12.3 Å². The van der Waals surface area contributed by atoms with Crippen LogP contribution in [0.2, 0.25) is 0 Å². The van der Waals surface area contributed by atoms with Crippen molar-refractivity contribution in [1.82, 2.24) is 20.6 Å². The van der Waals surface area contributed by atoms with E-state index in [-0.39, 0.29) is 11.5 Å². The molecule has 1 heterocycles. The number of H-pyrrole nitrogens is 1. The molecule has 4 N–H and O–H groups in total. The summed E-state index contributed by atoms with van der Waals surface area (Å²) < 4.78 is 38.1. The fourth-order valence-electron chi connectivity index (χ4n) is 2.56. The van der Waals surface area contributed by atoms with Gasteiger partial charge in [0.15, 0.2) is 0 Å². The Bertz CT molecular complexity index is 995. The van der Waals surface area contributed by atoms with Crippen LogP contribution in [0.4, 0.5) is 13.2 Å². The summed E-state index contributed by atoms with van der Waals surface area (Å²) in [5.74, 6) is -0.433. The molecule has 30 heavy (non-hydrogen) atoms. The molecule has 0 spiro atoms. The highest BCUT2D eigenvalue weighted by atomic mass is 19.4. The van der Waals surface area contributed by atoms with Crippen LogP contribution in [0, 0.1) is 5.41 Å². The number of alkyl halides is 3. The predicted molar refractivity (Wildman–Crippen MR) is 106 cm³/mol. The zero-order chi connectivity index (χ0) is 22.5. The van der Waals surface area contributed by atoms with Crippen molar-refractivity contribution in [3.8, 4) is 0 Å². The lowest BCUT2D eigenvalue weighted by Gasteiger charge is -2.24. The van der Waals surface area contributed by atoms with Crippen LogP contribution in [-0.4, -0.2) is 22.1 Å². The van der Waals surface area contributed by atoms with E-state index in [1.807, 2.05) is 0 Å². The largest absolute Gasteiger partial charge is 0.416 e. The number of hydrogen-bond acceptors (Lipinski definition) is 5. The number of halogens is 3. The van der Waals surface area contributed by atoms with Crippen LogP contribution in [0.1, 0.15) is 54.3 Å². The van der Waals surface area contributed by atoms with E-state index in [2.05, 4.69) is 20.6 Å². The van der Waals surface area contributed by atoms with Crippen LogP contribution in [-0.2, 0) is 11.7 Å². The van der Waals surface area contributed by atoms with Crippen LogP contribution in [0.15, 0.2) is 47.4 Å². The highest BCUT2D eigenvalue weighted by molar-refractivity contribution is 5.92. The summed E-state index contributed by atoms with van der Waals surface area (Å²) in [6.45, 7) is 5.07. The molecule has 1 amide bonds. The maximum absolute atomic E-state index is 12.7. The number of rotatable bonds is 7.